The maximum atomic E-state index is 14.4. The average Bonchev–Trinajstić information content (AvgIpc) is 3.38. The van der Waals surface area contributed by atoms with Crippen molar-refractivity contribution < 1.29 is 13.6 Å². The Balaban J connectivity index is 1.85. The summed E-state index contributed by atoms with van der Waals surface area (Å²) in [6, 6.07) is 7.79. The van der Waals surface area contributed by atoms with Crippen LogP contribution < -0.4 is 10.8 Å². The van der Waals surface area contributed by atoms with E-state index in [9.17, 15) is 8.78 Å². The standard InChI is InChI=1S/C19H19ClF2N2O/c1-11-3-8-17(15(20)9-11)23-19-14(6-7-16(21)18(19)22)12(2)24-25-10-13-4-5-13/h3,6-9,13,23-24H,2,4-5,10H2,1H3. The first-order valence-electron chi connectivity index (χ1n) is 8.04. The summed E-state index contributed by atoms with van der Waals surface area (Å²) >= 11 is 6.19. The van der Waals surface area contributed by atoms with Gasteiger partial charge in [-0.05, 0) is 55.5 Å². The minimum atomic E-state index is -1.00. The van der Waals surface area contributed by atoms with E-state index in [1.165, 1.54) is 6.07 Å². The van der Waals surface area contributed by atoms with Gasteiger partial charge in [0.15, 0.2) is 11.6 Å². The van der Waals surface area contributed by atoms with Gasteiger partial charge in [-0.2, -0.15) is 0 Å². The van der Waals surface area contributed by atoms with Crippen LogP contribution in [-0.2, 0) is 4.84 Å². The summed E-state index contributed by atoms with van der Waals surface area (Å²) < 4.78 is 28.1. The van der Waals surface area contributed by atoms with Gasteiger partial charge in [0, 0.05) is 5.56 Å². The Kier molecular flexibility index (Phi) is 5.25. The van der Waals surface area contributed by atoms with Gasteiger partial charge < -0.3 is 5.32 Å². The number of hydrogen-bond donors (Lipinski definition) is 2. The van der Waals surface area contributed by atoms with Crippen LogP contribution >= 0.6 is 11.6 Å². The third-order valence-electron chi connectivity index (χ3n) is 4.02. The van der Waals surface area contributed by atoms with Crippen LogP contribution in [0.25, 0.3) is 5.70 Å². The fraction of sp³-hybridized carbons (Fsp3) is 0.263. The van der Waals surface area contributed by atoms with E-state index >= 15 is 0 Å². The second-order valence-electron chi connectivity index (χ2n) is 6.23. The summed E-state index contributed by atoms with van der Waals surface area (Å²) in [4.78, 5) is 5.37. The van der Waals surface area contributed by atoms with Crippen LogP contribution in [0.4, 0.5) is 20.2 Å². The lowest BCUT2D eigenvalue weighted by Gasteiger charge is -2.17. The molecule has 0 unspecified atom stereocenters. The Morgan fingerprint density at radius 3 is 2.72 bits per heavy atom. The van der Waals surface area contributed by atoms with E-state index in [2.05, 4.69) is 17.4 Å². The number of aryl methyl sites for hydroxylation is 1. The molecule has 3 rings (SSSR count). The maximum absolute atomic E-state index is 14.4. The van der Waals surface area contributed by atoms with Gasteiger partial charge in [0.2, 0.25) is 0 Å². The monoisotopic (exact) mass is 364 g/mol. The fourth-order valence-electron chi connectivity index (χ4n) is 2.37. The van der Waals surface area contributed by atoms with Gasteiger partial charge in [-0.1, -0.05) is 24.2 Å². The molecule has 0 bridgehead atoms. The van der Waals surface area contributed by atoms with Gasteiger partial charge in [0.25, 0.3) is 0 Å². The van der Waals surface area contributed by atoms with Gasteiger partial charge in [0.1, 0.15) is 0 Å². The molecule has 0 aromatic heterocycles. The molecule has 6 heteroatoms. The zero-order chi connectivity index (χ0) is 18.0. The van der Waals surface area contributed by atoms with Crippen LogP contribution in [0.2, 0.25) is 5.02 Å². The lowest BCUT2D eigenvalue weighted by Crippen LogP contribution is -2.15. The molecular weight excluding hydrogens is 346 g/mol. The highest BCUT2D eigenvalue weighted by Gasteiger charge is 2.22. The molecule has 0 atom stereocenters. The highest BCUT2D eigenvalue weighted by molar-refractivity contribution is 6.33. The van der Waals surface area contributed by atoms with Crippen LogP contribution in [0, 0.1) is 24.5 Å². The second kappa shape index (κ2) is 7.42. The second-order valence-corrected chi connectivity index (χ2v) is 6.63. The first-order chi connectivity index (χ1) is 12.0. The van der Waals surface area contributed by atoms with Gasteiger partial charge in [-0.15, -0.1) is 0 Å². The zero-order valence-corrected chi connectivity index (χ0v) is 14.6. The maximum Gasteiger partial charge on any atom is 0.182 e. The molecule has 0 saturated heterocycles. The summed E-state index contributed by atoms with van der Waals surface area (Å²) in [6.45, 7) is 6.31. The molecule has 2 aromatic rings. The number of anilines is 2. The Morgan fingerprint density at radius 1 is 1.28 bits per heavy atom. The van der Waals surface area contributed by atoms with E-state index in [0.717, 1.165) is 24.5 Å². The normalized spacial score (nSPS) is 13.6. The summed E-state index contributed by atoms with van der Waals surface area (Å²) in [5.41, 5.74) is 4.82. The quantitative estimate of drug-likeness (QED) is 0.630. The number of hydroxylamine groups is 1. The Bertz CT molecular complexity index is 806. The van der Waals surface area contributed by atoms with Crippen molar-refractivity contribution in [2.24, 2.45) is 5.92 Å². The minimum absolute atomic E-state index is 0.0433. The number of benzene rings is 2. The van der Waals surface area contributed by atoms with E-state index in [-0.39, 0.29) is 5.69 Å². The smallest absolute Gasteiger partial charge is 0.182 e. The van der Waals surface area contributed by atoms with Crippen molar-refractivity contribution >= 4 is 28.7 Å². The topological polar surface area (TPSA) is 33.3 Å². The summed E-state index contributed by atoms with van der Waals surface area (Å²) in [7, 11) is 0. The van der Waals surface area contributed by atoms with Crippen LogP contribution in [0.5, 0.6) is 0 Å². The van der Waals surface area contributed by atoms with Crippen LogP contribution in [-0.4, -0.2) is 6.61 Å². The largest absolute Gasteiger partial charge is 0.351 e. The van der Waals surface area contributed by atoms with Crippen molar-refractivity contribution in [3.8, 4) is 0 Å². The van der Waals surface area contributed by atoms with Crippen LogP contribution in [0.1, 0.15) is 24.0 Å². The summed E-state index contributed by atoms with van der Waals surface area (Å²) in [5, 5.41) is 3.28. The summed E-state index contributed by atoms with van der Waals surface area (Å²) in [6.07, 6.45) is 2.30. The highest BCUT2D eigenvalue weighted by atomic mass is 35.5. The first-order valence-corrected chi connectivity index (χ1v) is 8.41. The predicted octanol–water partition coefficient (Wildman–Crippen LogP) is 5.57. The van der Waals surface area contributed by atoms with E-state index in [1.54, 1.807) is 12.1 Å². The van der Waals surface area contributed by atoms with Crippen molar-refractivity contribution in [1.29, 1.82) is 0 Å². The molecule has 2 aromatic carbocycles. The molecule has 1 saturated carbocycles. The average molecular weight is 365 g/mol. The van der Waals surface area contributed by atoms with Gasteiger partial charge in [0.05, 0.1) is 28.7 Å². The Morgan fingerprint density at radius 2 is 2.04 bits per heavy atom. The van der Waals surface area contributed by atoms with E-state index in [1.807, 2.05) is 13.0 Å². The first kappa shape index (κ1) is 17.7. The third kappa shape index (κ3) is 4.30. The van der Waals surface area contributed by atoms with Crippen LogP contribution in [0.15, 0.2) is 36.9 Å². The number of hydrogen-bond acceptors (Lipinski definition) is 3. The van der Waals surface area contributed by atoms with Crippen molar-refractivity contribution in [3.63, 3.8) is 0 Å². The Labute approximate surface area is 150 Å². The molecule has 0 spiro atoms. The molecule has 0 aliphatic heterocycles. The lowest BCUT2D eigenvalue weighted by molar-refractivity contribution is 0.0701. The molecule has 25 heavy (non-hydrogen) atoms. The highest BCUT2D eigenvalue weighted by Crippen LogP contribution is 2.33. The van der Waals surface area contributed by atoms with Gasteiger partial charge in [-0.3, -0.25) is 10.3 Å². The third-order valence-corrected chi connectivity index (χ3v) is 4.33. The number of nitrogens with one attached hydrogen (secondary N) is 2. The molecule has 1 aliphatic rings. The molecule has 2 N–H and O–H groups in total. The van der Waals surface area contributed by atoms with Crippen molar-refractivity contribution in [2.45, 2.75) is 19.8 Å². The molecule has 3 nitrogen and oxygen atoms in total. The Hall–Kier alpha value is -2.11. The van der Waals surface area contributed by atoms with Crippen molar-refractivity contribution in [2.75, 3.05) is 11.9 Å². The zero-order valence-electron chi connectivity index (χ0n) is 13.8. The van der Waals surface area contributed by atoms with Crippen LogP contribution in [0.3, 0.4) is 0 Å². The van der Waals surface area contributed by atoms with E-state index < -0.39 is 11.6 Å². The SMILES string of the molecule is C=C(NOCC1CC1)c1ccc(F)c(F)c1Nc1ccc(C)cc1Cl. The van der Waals surface area contributed by atoms with Crippen molar-refractivity contribution in [1.82, 2.24) is 5.48 Å². The molecule has 0 heterocycles. The molecular formula is C19H19ClF2N2O. The molecule has 0 amide bonds. The molecule has 0 radical (unpaired) electrons. The van der Waals surface area contributed by atoms with Gasteiger partial charge >= 0.3 is 0 Å². The number of halogens is 3. The van der Waals surface area contributed by atoms with E-state index in [4.69, 9.17) is 16.4 Å². The molecule has 1 fully saturated rings. The van der Waals surface area contributed by atoms with Gasteiger partial charge in [-0.25, -0.2) is 8.78 Å². The lowest BCUT2D eigenvalue weighted by atomic mass is 10.1. The minimum Gasteiger partial charge on any atom is -0.351 e. The van der Waals surface area contributed by atoms with E-state index in [0.29, 0.717) is 34.5 Å². The number of rotatable bonds is 7. The molecule has 132 valence electrons. The molecule has 1 aliphatic carbocycles. The predicted molar refractivity (Wildman–Crippen MR) is 96.7 cm³/mol. The van der Waals surface area contributed by atoms with Crippen molar-refractivity contribution in [3.05, 3.63) is 64.7 Å². The fourth-order valence-corrected chi connectivity index (χ4v) is 2.65. The summed E-state index contributed by atoms with van der Waals surface area (Å²) in [5.74, 6) is -1.39.